The van der Waals surface area contributed by atoms with Crippen LogP contribution >= 0.6 is 11.8 Å². The second kappa shape index (κ2) is 8.96. The molecule has 0 unspecified atom stereocenters. The number of fused-ring (bicyclic) bond motifs is 1. The van der Waals surface area contributed by atoms with Gasteiger partial charge in [0.05, 0.1) is 16.3 Å². The predicted molar refractivity (Wildman–Crippen MR) is 119 cm³/mol. The van der Waals surface area contributed by atoms with E-state index < -0.39 is 37.2 Å². The Morgan fingerprint density at radius 1 is 1.11 bits per heavy atom. The smallest absolute Gasteiger partial charge is 0.477 e. The van der Waals surface area contributed by atoms with Crippen molar-refractivity contribution in [3.63, 3.8) is 0 Å². The van der Waals surface area contributed by atoms with E-state index in [9.17, 15) is 26.4 Å². The van der Waals surface area contributed by atoms with E-state index in [1.807, 2.05) is 0 Å². The Labute approximate surface area is 201 Å². The summed E-state index contributed by atoms with van der Waals surface area (Å²) in [7, 11) is -5.15. The molecule has 0 amide bonds. The summed E-state index contributed by atoms with van der Waals surface area (Å²) >= 11 is 5.82. The lowest BCUT2D eigenvalue weighted by atomic mass is 10.2. The molecule has 1 aliphatic heterocycles. The first-order valence-corrected chi connectivity index (χ1v) is 11.2. The van der Waals surface area contributed by atoms with Crippen molar-refractivity contribution in [1.82, 2.24) is 9.51 Å². The highest BCUT2D eigenvalue weighted by Gasteiger charge is 2.48. The van der Waals surface area contributed by atoms with Crippen LogP contribution in [0.1, 0.15) is 10.5 Å². The zero-order chi connectivity index (χ0) is 25.4. The quantitative estimate of drug-likeness (QED) is 0.348. The van der Waals surface area contributed by atoms with Gasteiger partial charge in [-0.05, 0) is 18.2 Å². The number of nitrogens with one attached hydrogen (secondary N) is 1. The van der Waals surface area contributed by atoms with Gasteiger partial charge in [-0.2, -0.15) is 8.83 Å². The highest BCUT2D eigenvalue weighted by Crippen LogP contribution is 2.47. The number of carboxylic acids is 1. The van der Waals surface area contributed by atoms with E-state index in [2.05, 4.69) is 15.4 Å². The maximum absolute atomic E-state index is 14.3. The Bertz CT molecular complexity index is 1420. The van der Waals surface area contributed by atoms with E-state index in [1.54, 1.807) is 0 Å². The Hall–Kier alpha value is -4.04. The molecule has 2 aromatic carbocycles. The van der Waals surface area contributed by atoms with Gasteiger partial charge in [-0.25, -0.2) is 23.2 Å². The molecule has 15 heteroatoms. The minimum Gasteiger partial charge on any atom is -0.477 e. The molecule has 4 rings (SSSR count). The van der Waals surface area contributed by atoms with E-state index in [0.717, 1.165) is 41.3 Å². The topological polar surface area (TPSA) is 124 Å². The van der Waals surface area contributed by atoms with Crippen LogP contribution in [0.25, 0.3) is 0 Å². The molecule has 0 radical (unpaired) electrons. The van der Waals surface area contributed by atoms with Crippen LogP contribution < -0.4 is 14.5 Å². The molecule has 10 nitrogen and oxygen atoms in total. The van der Waals surface area contributed by atoms with Crippen LogP contribution in [-0.4, -0.2) is 41.6 Å². The summed E-state index contributed by atoms with van der Waals surface area (Å²) in [6.07, 6.45) is -3.33. The van der Waals surface area contributed by atoms with Crippen LogP contribution in [-0.2, 0) is 10.0 Å². The van der Waals surface area contributed by atoms with Crippen LogP contribution in [0.4, 0.5) is 30.2 Å². The Morgan fingerprint density at radius 2 is 1.83 bits per heavy atom. The van der Waals surface area contributed by atoms with Crippen molar-refractivity contribution in [3.05, 3.63) is 66.5 Å². The number of anilines is 2. The number of benzene rings is 2. The highest BCUT2D eigenvalue weighted by molar-refractivity contribution is 7.92. The number of hydrogen-bond acceptors (Lipinski definition) is 8. The van der Waals surface area contributed by atoms with Gasteiger partial charge in [-0.3, -0.25) is 5.43 Å². The maximum atomic E-state index is 14.3. The van der Waals surface area contributed by atoms with Crippen molar-refractivity contribution in [2.45, 2.75) is 11.2 Å². The lowest BCUT2D eigenvalue weighted by molar-refractivity contribution is -0.115. The van der Waals surface area contributed by atoms with E-state index >= 15 is 0 Å². The summed E-state index contributed by atoms with van der Waals surface area (Å²) in [6, 6.07) is 10.4. The number of halogens is 4. The number of pyridine rings is 1. The number of carboxylic acid groups (broad SMARTS) is 1. The first-order valence-electron chi connectivity index (χ1n) is 9.45. The van der Waals surface area contributed by atoms with Gasteiger partial charge in [-0.15, -0.1) is 13.2 Å². The molecule has 0 spiro atoms. The second-order valence-corrected chi connectivity index (χ2v) is 8.99. The number of alkyl halides is 3. The van der Waals surface area contributed by atoms with Gasteiger partial charge >= 0.3 is 12.3 Å². The van der Waals surface area contributed by atoms with Crippen LogP contribution in [0, 0.1) is 0 Å². The summed E-state index contributed by atoms with van der Waals surface area (Å²) in [6.45, 7) is 0. The Balaban J connectivity index is 1.90. The number of sulfonamides is 1. The SMILES string of the molecule is O=C(O)c1cc(Oc2cc3c(c(N(C(F)(F)F)S(=O)(=O)c4ccccc4)c2)N=CN(Cl)N3)ccn1. The third kappa shape index (κ3) is 4.93. The fourth-order valence-electron chi connectivity index (χ4n) is 3.11. The van der Waals surface area contributed by atoms with Crippen molar-refractivity contribution in [2.75, 3.05) is 9.73 Å². The number of aromatic carboxylic acids is 1. The van der Waals surface area contributed by atoms with Crippen LogP contribution in [0.2, 0.25) is 0 Å². The third-order valence-corrected chi connectivity index (χ3v) is 6.42. The molecular formula is C20H13ClF3N5O5S. The molecule has 2 N–H and O–H groups in total. The average Bonchev–Trinajstić information content (AvgIpc) is 2.78. The largest absolute Gasteiger partial charge is 0.498 e. The molecule has 0 fully saturated rings. The van der Waals surface area contributed by atoms with Crippen LogP contribution in [0.15, 0.2) is 70.7 Å². The van der Waals surface area contributed by atoms with Gasteiger partial charge in [0.15, 0.2) is 5.69 Å². The van der Waals surface area contributed by atoms with E-state index in [4.69, 9.17) is 21.6 Å². The van der Waals surface area contributed by atoms with E-state index in [1.165, 1.54) is 30.3 Å². The Kier molecular flexibility index (Phi) is 6.17. The number of nitrogens with zero attached hydrogens (tertiary/aromatic N) is 4. The molecule has 0 aliphatic carbocycles. The van der Waals surface area contributed by atoms with Crippen molar-refractivity contribution in [2.24, 2.45) is 4.99 Å². The van der Waals surface area contributed by atoms with Gasteiger partial charge in [0, 0.05) is 36.2 Å². The first kappa shape index (κ1) is 24.1. The number of ether oxygens (including phenoxy) is 1. The zero-order valence-electron chi connectivity index (χ0n) is 17.1. The molecule has 1 aromatic heterocycles. The standard InChI is InChI=1S/C20H13ClF3N5O5S/c21-28-11-26-18-15(27-28)9-13(34-12-6-7-25-16(8-12)19(30)31)10-17(18)29(20(22,23)24)35(32,33)14-4-2-1-3-5-14/h1-11,27H,(H,30,31). The summed E-state index contributed by atoms with van der Waals surface area (Å²) in [4.78, 5) is 18.1. The van der Waals surface area contributed by atoms with Crippen LogP contribution in [0.3, 0.4) is 0 Å². The molecule has 35 heavy (non-hydrogen) atoms. The normalized spacial score (nSPS) is 13.1. The average molecular weight is 528 g/mol. The van der Waals surface area contributed by atoms with Crippen molar-refractivity contribution in [1.29, 1.82) is 0 Å². The maximum Gasteiger partial charge on any atom is 0.498 e. The number of carbonyl (C=O) groups is 1. The minimum absolute atomic E-state index is 0.0742. The van der Waals surface area contributed by atoms with Gasteiger partial charge in [0.1, 0.15) is 23.5 Å². The van der Waals surface area contributed by atoms with Crippen molar-refractivity contribution < 1.29 is 36.2 Å². The van der Waals surface area contributed by atoms with Gasteiger partial charge in [0.2, 0.25) is 0 Å². The lowest BCUT2D eigenvalue weighted by Crippen LogP contribution is -2.43. The second-order valence-electron chi connectivity index (χ2n) is 6.84. The summed E-state index contributed by atoms with van der Waals surface area (Å²) in [5.41, 5.74) is 0.779. The zero-order valence-corrected chi connectivity index (χ0v) is 18.7. The van der Waals surface area contributed by atoms with E-state index in [-0.39, 0.29) is 28.6 Å². The van der Waals surface area contributed by atoms with Crippen LogP contribution in [0.5, 0.6) is 11.5 Å². The summed E-state index contributed by atoms with van der Waals surface area (Å²) in [5.74, 6) is -1.70. The number of rotatable bonds is 6. The molecule has 0 saturated carbocycles. The number of aliphatic imine (C=N–C) groups is 1. The molecule has 0 saturated heterocycles. The minimum atomic E-state index is -5.40. The lowest BCUT2D eigenvalue weighted by Gasteiger charge is -2.30. The van der Waals surface area contributed by atoms with Crippen molar-refractivity contribution in [3.8, 4) is 11.5 Å². The fourth-order valence-corrected chi connectivity index (χ4v) is 4.63. The predicted octanol–water partition coefficient (Wildman–Crippen LogP) is 4.74. The van der Waals surface area contributed by atoms with Gasteiger partial charge < -0.3 is 9.84 Å². The molecule has 3 aromatic rings. The monoisotopic (exact) mass is 527 g/mol. The molecule has 0 bridgehead atoms. The third-order valence-electron chi connectivity index (χ3n) is 4.50. The number of hydrazine groups is 1. The summed E-state index contributed by atoms with van der Waals surface area (Å²) < 4.78 is 74.6. The summed E-state index contributed by atoms with van der Waals surface area (Å²) in [5, 5.41) is 9.10. The van der Waals surface area contributed by atoms with E-state index in [0.29, 0.717) is 0 Å². The van der Waals surface area contributed by atoms with Gasteiger partial charge in [-0.1, -0.05) is 18.2 Å². The number of aromatic nitrogens is 1. The van der Waals surface area contributed by atoms with Crippen molar-refractivity contribution >= 4 is 51.2 Å². The Morgan fingerprint density at radius 3 is 2.49 bits per heavy atom. The van der Waals surface area contributed by atoms with Gasteiger partial charge in [0.25, 0.3) is 10.0 Å². The number of hydrogen-bond donors (Lipinski definition) is 2. The molecule has 2 heterocycles. The molecular weight excluding hydrogens is 515 g/mol. The molecule has 0 atom stereocenters. The first-order chi connectivity index (χ1) is 16.5. The fraction of sp³-hybridized carbons (Fsp3) is 0.0500. The molecule has 1 aliphatic rings. The molecule has 182 valence electrons. The highest BCUT2D eigenvalue weighted by atomic mass is 35.5.